The molecule has 4 amide bonds. The smallest absolute Gasteiger partial charge is 0.325 e. The molecule has 0 atom stereocenters. The van der Waals surface area contributed by atoms with Crippen LogP contribution in [-0.4, -0.2) is 41.4 Å². The molecule has 2 aliphatic rings. The number of hydrogen-bond acceptors (Lipinski definition) is 4. The van der Waals surface area contributed by atoms with Gasteiger partial charge in [0.2, 0.25) is 5.91 Å². The number of carbonyl (C=O) groups is 3. The van der Waals surface area contributed by atoms with Gasteiger partial charge in [-0.2, -0.15) is 0 Å². The van der Waals surface area contributed by atoms with Crippen LogP contribution >= 0.6 is 0 Å². The first kappa shape index (κ1) is 24.2. The maximum Gasteiger partial charge on any atom is 0.325 e. The topological polar surface area (TPSA) is 87.7 Å². The number of benzene rings is 1. The number of rotatable bonds is 9. The highest BCUT2D eigenvalue weighted by molar-refractivity contribution is 6.09. The van der Waals surface area contributed by atoms with E-state index in [4.69, 9.17) is 4.74 Å². The summed E-state index contributed by atoms with van der Waals surface area (Å²) < 4.78 is 5.38. The van der Waals surface area contributed by atoms with Crippen molar-refractivity contribution in [2.45, 2.75) is 78.5 Å². The maximum atomic E-state index is 13.1. The monoisotopic (exact) mass is 443 g/mol. The number of hydrogen-bond donors (Lipinski definition) is 2. The summed E-state index contributed by atoms with van der Waals surface area (Å²) in [6.07, 6.45) is 4.18. The molecule has 1 aliphatic carbocycles. The normalized spacial score (nSPS) is 23.5. The summed E-state index contributed by atoms with van der Waals surface area (Å²) in [5, 5.41) is 5.72. The fourth-order valence-corrected chi connectivity index (χ4v) is 4.71. The Morgan fingerprint density at radius 1 is 1.16 bits per heavy atom. The van der Waals surface area contributed by atoms with Gasteiger partial charge < -0.3 is 15.4 Å². The van der Waals surface area contributed by atoms with Gasteiger partial charge in [-0.3, -0.25) is 14.5 Å². The second kappa shape index (κ2) is 10.0. The molecule has 2 N–H and O–H groups in total. The van der Waals surface area contributed by atoms with Crippen molar-refractivity contribution < 1.29 is 19.1 Å². The van der Waals surface area contributed by atoms with E-state index in [2.05, 4.69) is 31.4 Å². The van der Waals surface area contributed by atoms with Gasteiger partial charge in [0.25, 0.3) is 5.91 Å². The molecule has 0 bridgehead atoms. The Morgan fingerprint density at radius 3 is 2.38 bits per heavy atom. The lowest BCUT2D eigenvalue weighted by molar-refractivity contribution is -0.136. The van der Waals surface area contributed by atoms with Gasteiger partial charge in [-0.15, -0.1) is 0 Å². The first-order chi connectivity index (χ1) is 15.2. The molecule has 7 heteroatoms. The molecule has 1 aromatic carbocycles. The minimum absolute atomic E-state index is 0.230. The third kappa shape index (κ3) is 5.31. The van der Waals surface area contributed by atoms with Crippen LogP contribution in [0.5, 0.6) is 0 Å². The molecule has 1 heterocycles. The van der Waals surface area contributed by atoms with E-state index >= 15 is 0 Å². The van der Waals surface area contributed by atoms with E-state index in [1.165, 1.54) is 0 Å². The second-order valence-electron chi connectivity index (χ2n) is 9.75. The molecule has 176 valence electrons. The highest BCUT2D eigenvalue weighted by atomic mass is 16.5. The number of nitrogens with one attached hydrogen (secondary N) is 2. The van der Waals surface area contributed by atoms with Gasteiger partial charge in [0.15, 0.2) is 0 Å². The lowest BCUT2D eigenvalue weighted by atomic mass is 9.65. The Morgan fingerprint density at radius 2 is 1.78 bits per heavy atom. The molecule has 32 heavy (non-hydrogen) atoms. The zero-order valence-electron chi connectivity index (χ0n) is 19.8. The molecule has 0 unspecified atom stereocenters. The molecule has 0 aromatic heterocycles. The third-order valence-corrected chi connectivity index (χ3v) is 7.39. The van der Waals surface area contributed by atoms with Crippen molar-refractivity contribution in [2.24, 2.45) is 11.3 Å². The number of ether oxygens (including phenoxy) is 1. The SMILES string of the molecule is CCOCc1ccc(CNC(=O)CN2C(=O)NC3(CCC(C(C)(C)CC)CC3)C2=O)cc1. The third-order valence-electron chi connectivity index (χ3n) is 7.39. The average Bonchev–Trinajstić information content (AvgIpc) is 3.01. The van der Waals surface area contributed by atoms with Crippen LogP contribution < -0.4 is 10.6 Å². The predicted octanol–water partition coefficient (Wildman–Crippen LogP) is 3.76. The highest BCUT2D eigenvalue weighted by Crippen LogP contribution is 2.45. The van der Waals surface area contributed by atoms with Gasteiger partial charge in [0.1, 0.15) is 12.1 Å². The Balaban J connectivity index is 1.51. The van der Waals surface area contributed by atoms with E-state index in [0.29, 0.717) is 38.5 Å². The molecular weight excluding hydrogens is 406 g/mol. The number of imide groups is 1. The average molecular weight is 444 g/mol. The predicted molar refractivity (Wildman–Crippen MR) is 123 cm³/mol. The van der Waals surface area contributed by atoms with Crippen molar-refractivity contribution in [3.8, 4) is 0 Å². The van der Waals surface area contributed by atoms with Gasteiger partial charge in [0.05, 0.1) is 6.61 Å². The molecule has 0 radical (unpaired) electrons. The molecule has 7 nitrogen and oxygen atoms in total. The molecule has 1 spiro atoms. The first-order valence-corrected chi connectivity index (χ1v) is 11.8. The standard InChI is InChI=1S/C25H37N3O4/c1-5-24(3,4)20-11-13-25(14-12-20)22(30)28(23(31)27-25)16-21(29)26-15-18-7-9-19(10-8-18)17-32-6-2/h7-10,20H,5-6,11-17H2,1-4H3,(H,26,29)(H,27,31). The summed E-state index contributed by atoms with van der Waals surface area (Å²) in [5.74, 6) is -0.0597. The summed E-state index contributed by atoms with van der Waals surface area (Å²) in [6.45, 7) is 10.0. The largest absolute Gasteiger partial charge is 0.377 e. The molecule has 1 aliphatic heterocycles. The summed E-state index contributed by atoms with van der Waals surface area (Å²) >= 11 is 0. The summed E-state index contributed by atoms with van der Waals surface area (Å²) in [7, 11) is 0. The molecule has 2 fully saturated rings. The second-order valence-corrected chi connectivity index (χ2v) is 9.75. The van der Waals surface area contributed by atoms with Crippen LogP contribution in [0.1, 0.15) is 70.9 Å². The van der Waals surface area contributed by atoms with Gasteiger partial charge in [0, 0.05) is 13.2 Å². The number of nitrogens with zero attached hydrogens (tertiary/aromatic N) is 1. The van der Waals surface area contributed by atoms with Crippen molar-refractivity contribution in [3.05, 3.63) is 35.4 Å². The minimum Gasteiger partial charge on any atom is -0.377 e. The van der Waals surface area contributed by atoms with Crippen LogP contribution in [0.25, 0.3) is 0 Å². The fourth-order valence-electron chi connectivity index (χ4n) is 4.71. The quantitative estimate of drug-likeness (QED) is 0.569. The van der Waals surface area contributed by atoms with Crippen molar-refractivity contribution in [3.63, 3.8) is 0 Å². The molecule has 1 saturated heterocycles. The van der Waals surface area contributed by atoms with Crippen molar-refractivity contribution >= 4 is 17.8 Å². The van der Waals surface area contributed by atoms with E-state index in [9.17, 15) is 14.4 Å². The summed E-state index contributed by atoms with van der Waals surface area (Å²) in [4.78, 5) is 39.2. The zero-order valence-corrected chi connectivity index (χ0v) is 19.8. The summed E-state index contributed by atoms with van der Waals surface area (Å²) in [5.41, 5.74) is 1.41. The number of urea groups is 1. The van der Waals surface area contributed by atoms with Crippen LogP contribution in [0.15, 0.2) is 24.3 Å². The van der Waals surface area contributed by atoms with E-state index < -0.39 is 11.6 Å². The van der Waals surface area contributed by atoms with Gasteiger partial charge in [-0.25, -0.2) is 4.79 Å². The molecule has 3 rings (SSSR count). The zero-order chi connectivity index (χ0) is 23.4. The van der Waals surface area contributed by atoms with Gasteiger partial charge in [-0.05, 0) is 55.1 Å². The van der Waals surface area contributed by atoms with Crippen LogP contribution in [0.2, 0.25) is 0 Å². The minimum atomic E-state index is -0.839. The van der Waals surface area contributed by atoms with Crippen molar-refractivity contribution in [2.75, 3.05) is 13.2 Å². The molecule has 1 saturated carbocycles. The van der Waals surface area contributed by atoms with Crippen molar-refractivity contribution in [1.82, 2.24) is 15.5 Å². The van der Waals surface area contributed by atoms with E-state index in [1.54, 1.807) is 0 Å². The lowest BCUT2D eigenvalue weighted by Crippen LogP contribution is -2.51. The summed E-state index contributed by atoms with van der Waals surface area (Å²) in [6, 6.07) is 7.35. The Labute approximate surface area is 191 Å². The molecule has 1 aromatic rings. The number of carbonyl (C=O) groups excluding carboxylic acids is 3. The first-order valence-electron chi connectivity index (χ1n) is 11.8. The Kier molecular flexibility index (Phi) is 7.59. The molecular formula is C25H37N3O4. The van der Waals surface area contributed by atoms with Crippen LogP contribution in [0, 0.1) is 11.3 Å². The van der Waals surface area contributed by atoms with Gasteiger partial charge in [-0.1, -0.05) is 51.5 Å². The highest BCUT2D eigenvalue weighted by Gasteiger charge is 2.53. The van der Waals surface area contributed by atoms with Crippen LogP contribution in [0.3, 0.4) is 0 Å². The number of amides is 4. The van der Waals surface area contributed by atoms with Crippen LogP contribution in [0.4, 0.5) is 4.79 Å². The fraction of sp³-hybridized carbons (Fsp3) is 0.640. The van der Waals surface area contributed by atoms with Crippen molar-refractivity contribution in [1.29, 1.82) is 0 Å². The Bertz CT molecular complexity index is 826. The lowest BCUT2D eigenvalue weighted by Gasteiger charge is -2.42. The Hall–Kier alpha value is -2.41. The maximum absolute atomic E-state index is 13.1. The van der Waals surface area contributed by atoms with Crippen LogP contribution in [-0.2, 0) is 27.5 Å². The van der Waals surface area contributed by atoms with Gasteiger partial charge >= 0.3 is 6.03 Å². The van der Waals surface area contributed by atoms with E-state index in [1.807, 2.05) is 31.2 Å². The van der Waals surface area contributed by atoms with E-state index in [0.717, 1.165) is 35.3 Å². The van der Waals surface area contributed by atoms with E-state index in [-0.39, 0.29) is 23.8 Å².